The zero-order valence-corrected chi connectivity index (χ0v) is 9.80. The predicted molar refractivity (Wildman–Crippen MR) is 58.8 cm³/mol. The first-order valence-electron chi connectivity index (χ1n) is 4.34. The number of aliphatic hydroxyl groups is 1. The quantitative estimate of drug-likeness (QED) is 0.825. The van der Waals surface area contributed by atoms with Crippen LogP contribution in [0.5, 0.6) is 0 Å². The summed E-state index contributed by atoms with van der Waals surface area (Å²) in [6.07, 6.45) is 0.781. The third-order valence-electron chi connectivity index (χ3n) is 2.26. The highest BCUT2D eigenvalue weighted by atomic mass is 35.5. The Labute approximate surface area is 88.4 Å². The second kappa shape index (κ2) is 3.99. The molecule has 0 atom stereocenters. The van der Waals surface area contributed by atoms with Crippen molar-refractivity contribution in [2.24, 2.45) is 0 Å². The van der Waals surface area contributed by atoms with Gasteiger partial charge in [-0.1, -0.05) is 25.4 Å². The standard InChI is InChI=1S/C10H15ClOS/c1-7-6-8(13-9(7)11)10(2,3)4-5-12/h6,12H,4-5H2,1-3H3. The van der Waals surface area contributed by atoms with Crippen molar-refractivity contribution < 1.29 is 5.11 Å². The molecule has 0 saturated heterocycles. The van der Waals surface area contributed by atoms with E-state index >= 15 is 0 Å². The minimum absolute atomic E-state index is 0.0390. The molecule has 0 aromatic carbocycles. The maximum atomic E-state index is 8.91. The van der Waals surface area contributed by atoms with Crippen LogP contribution in [0.1, 0.15) is 30.7 Å². The molecule has 1 aromatic heterocycles. The SMILES string of the molecule is Cc1cc(C(C)(C)CCO)sc1Cl. The molecule has 0 aliphatic carbocycles. The van der Waals surface area contributed by atoms with E-state index in [1.54, 1.807) is 11.3 Å². The number of rotatable bonds is 3. The summed E-state index contributed by atoms with van der Waals surface area (Å²) in [6, 6.07) is 2.11. The Hall–Kier alpha value is -0.0500. The van der Waals surface area contributed by atoms with Gasteiger partial charge in [0.05, 0.1) is 4.34 Å². The van der Waals surface area contributed by atoms with Crippen molar-refractivity contribution >= 4 is 22.9 Å². The highest BCUT2D eigenvalue weighted by Gasteiger charge is 2.22. The molecule has 0 spiro atoms. The van der Waals surface area contributed by atoms with Crippen molar-refractivity contribution in [3.05, 3.63) is 20.8 Å². The molecule has 74 valence electrons. The van der Waals surface area contributed by atoms with Gasteiger partial charge in [-0.25, -0.2) is 0 Å². The molecule has 0 saturated carbocycles. The number of thiophene rings is 1. The van der Waals surface area contributed by atoms with Crippen LogP contribution < -0.4 is 0 Å². The third kappa shape index (κ3) is 2.46. The summed E-state index contributed by atoms with van der Waals surface area (Å²) in [5.74, 6) is 0. The van der Waals surface area contributed by atoms with E-state index in [9.17, 15) is 0 Å². The van der Waals surface area contributed by atoms with E-state index in [0.717, 1.165) is 16.3 Å². The molecular formula is C10H15ClOS. The van der Waals surface area contributed by atoms with Crippen molar-refractivity contribution in [3.63, 3.8) is 0 Å². The van der Waals surface area contributed by atoms with Gasteiger partial charge in [0.2, 0.25) is 0 Å². The lowest BCUT2D eigenvalue weighted by Crippen LogP contribution is -2.16. The molecule has 1 N–H and O–H groups in total. The summed E-state index contributed by atoms with van der Waals surface area (Å²) < 4.78 is 0.862. The Morgan fingerprint density at radius 2 is 2.15 bits per heavy atom. The topological polar surface area (TPSA) is 20.2 Å². The molecule has 0 bridgehead atoms. The molecule has 1 aromatic rings. The van der Waals surface area contributed by atoms with E-state index in [4.69, 9.17) is 16.7 Å². The van der Waals surface area contributed by atoms with E-state index in [1.807, 2.05) is 6.92 Å². The lowest BCUT2D eigenvalue weighted by Gasteiger charge is -2.21. The molecule has 0 amide bonds. The number of aryl methyl sites for hydroxylation is 1. The maximum Gasteiger partial charge on any atom is 0.0960 e. The molecule has 3 heteroatoms. The van der Waals surface area contributed by atoms with Gasteiger partial charge in [-0.3, -0.25) is 0 Å². The van der Waals surface area contributed by atoms with Crippen LogP contribution in [0.4, 0.5) is 0 Å². The lowest BCUT2D eigenvalue weighted by atomic mass is 9.88. The van der Waals surface area contributed by atoms with Gasteiger partial charge in [-0.2, -0.15) is 0 Å². The monoisotopic (exact) mass is 218 g/mol. The first-order chi connectivity index (χ1) is 5.97. The van der Waals surface area contributed by atoms with Gasteiger partial charge in [-0.05, 0) is 25.0 Å². The van der Waals surface area contributed by atoms with E-state index < -0.39 is 0 Å². The Morgan fingerprint density at radius 3 is 2.54 bits per heavy atom. The summed E-state index contributed by atoms with van der Waals surface area (Å²) in [6.45, 7) is 6.49. The van der Waals surface area contributed by atoms with Crippen molar-refractivity contribution in [3.8, 4) is 0 Å². The molecule has 1 heterocycles. The van der Waals surface area contributed by atoms with E-state index in [0.29, 0.717) is 0 Å². The van der Waals surface area contributed by atoms with Gasteiger partial charge in [0.15, 0.2) is 0 Å². The second-order valence-electron chi connectivity index (χ2n) is 3.92. The van der Waals surface area contributed by atoms with Crippen LogP contribution in [-0.4, -0.2) is 11.7 Å². The van der Waals surface area contributed by atoms with Crippen molar-refractivity contribution in [1.82, 2.24) is 0 Å². The van der Waals surface area contributed by atoms with Gasteiger partial charge in [0, 0.05) is 16.9 Å². The summed E-state index contributed by atoms with van der Waals surface area (Å²) in [4.78, 5) is 1.25. The molecule has 0 radical (unpaired) electrons. The zero-order valence-electron chi connectivity index (χ0n) is 8.22. The predicted octanol–water partition coefficient (Wildman–Crippen LogP) is 3.37. The maximum absolute atomic E-state index is 8.91. The third-order valence-corrected chi connectivity index (χ3v) is 4.18. The normalized spacial score (nSPS) is 12.1. The average Bonchev–Trinajstić information content (AvgIpc) is 2.33. The Balaban J connectivity index is 2.93. The molecule has 0 fully saturated rings. The van der Waals surface area contributed by atoms with Gasteiger partial charge >= 0.3 is 0 Å². The molecule has 0 aliphatic heterocycles. The largest absolute Gasteiger partial charge is 0.396 e. The van der Waals surface area contributed by atoms with E-state index in [1.165, 1.54) is 4.88 Å². The fourth-order valence-corrected chi connectivity index (χ4v) is 2.53. The van der Waals surface area contributed by atoms with Crippen molar-refractivity contribution in [1.29, 1.82) is 0 Å². The number of halogens is 1. The van der Waals surface area contributed by atoms with Crippen LogP contribution >= 0.6 is 22.9 Å². The molecule has 1 rings (SSSR count). The van der Waals surface area contributed by atoms with Crippen LogP contribution in [0.2, 0.25) is 4.34 Å². The number of hydrogen-bond donors (Lipinski definition) is 1. The lowest BCUT2D eigenvalue weighted by molar-refractivity contribution is 0.254. The fraction of sp³-hybridized carbons (Fsp3) is 0.600. The number of aliphatic hydroxyl groups excluding tert-OH is 1. The van der Waals surface area contributed by atoms with Crippen LogP contribution in [0.25, 0.3) is 0 Å². The van der Waals surface area contributed by atoms with Crippen LogP contribution in [-0.2, 0) is 5.41 Å². The van der Waals surface area contributed by atoms with Crippen molar-refractivity contribution in [2.75, 3.05) is 6.61 Å². The summed E-state index contributed by atoms with van der Waals surface area (Å²) in [7, 11) is 0. The Bertz CT molecular complexity index is 272. The van der Waals surface area contributed by atoms with Gasteiger partial charge in [0.25, 0.3) is 0 Å². The summed E-state index contributed by atoms with van der Waals surface area (Å²) in [5, 5.41) is 8.91. The molecule has 0 unspecified atom stereocenters. The van der Waals surface area contributed by atoms with Crippen LogP contribution in [0.3, 0.4) is 0 Å². The van der Waals surface area contributed by atoms with Crippen LogP contribution in [0, 0.1) is 6.92 Å². The highest BCUT2D eigenvalue weighted by molar-refractivity contribution is 7.16. The van der Waals surface area contributed by atoms with Crippen LogP contribution in [0.15, 0.2) is 6.07 Å². The summed E-state index contributed by atoms with van der Waals surface area (Å²) in [5.41, 5.74) is 1.17. The average molecular weight is 219 g/mol. The van der Waals surface area contributed by atoms with Gasteiger partial charge in [-0.15, -0.1) is 11.3 Å². The molecule has 1 nitrogen and oxygen atoms in total. The Kier molecular flexibility index (Phi) is 3.38. The summed E-state index contributed by atoms with van der Waals surface area (Å²) >= 11 is 7.61. The molecular weight excluding hydrogens is 204 g/mol. The van der Waals surface area contributed by atoms with E-state index in [-0.39, 0.29) is 12.0 Å². The highest BCUT2D eigenvalue weighted by Crippen LogP contribution is 2.36. The molecule has 0 aliphatic rings. The smallest absolute Gasteiger partial charge is 0.0960 e. The minimum Gasteiger partial charge on any atom is -0.396 e. The van der Waals surface area contributed by atoms with Gasteiger partial charge in [0.1, 0.15) is 0 Å². The number of hydrogen-bond acceptors (Lipinski definition) is 2. The first-order valence-corrected chi connectivity index (χ1v) is 5.54. The zero-order chi connectivity index (χ0) is 10.1. The molecule has 13 heavy (non-hydrogen) atoms. The Morgan fingerprint density at radius 1 is 1.54 bits per heavy atom. The van der Waals surface area contributed by atoms with E-state index in [2.05, 4.69) is 19.9 Å². The first kappa shape index (κ1) is 11.0. The minimum atomic E-state index is 0.0390. The van der Waals surface area contributed by atoms with Crippen molar-refractivity contribution in [2.45, 2.75) is 32.6 Å². The van der Waals surface area contributed by atoms with Gasteiger partial charge < -0.3 is 5.11 Å². The second-order valence-corrected chi connectivity index (χ2v) is 5.58. The fourth-order valence-electron chi connectivity index (χ4n) is 1.20.